The standard InChI is InChI=1S/C17H12Cl2N2O3S.C17H8Cl2N2O3.C16H10Cl2N2O.C16H11ClN2O2/c1-2-24-17(23)14(16-21-12-5-3-4-6-13(12)25-16)20-9-7-10(18)15(22)11(19)8-9;18-11-6-10(7-12(19)16(11)22)21-13(8-20)17(23)15-5-9-3-1-2-4-14(9)24-15;1-10-13(17)7-12(8-14(10)18)20-15(9-19)16(21)11-5-3-2-4-6-11;1-10-7-12(8-13(17)15(10)20)19-14(9-18)16(21)11-5-3-2-4-6-11/h3-8,22H,2H2,1H3;1-7,22H;2-8H,1H3;2-8,20H,1H3. The van der Waals surface area contributed by atoms with Crippen molar-refractivity contribution in [2.75, 3.05) is 6.61 Å². The van der Waals surface area contributed by atoms with Crippen LogP contribution in [0.4, 0.5) is 22.7 Å². The lowest BCUT2D eigenvalue weighted by Crippen LogP contribution is -2.18. The molecule has 10 aromatic rings. The highest BCUT2D eigenvalue weighted by atomic mass is 35.5. The highest BCUT2D eigenvalue weighted by Gasteiger charge is 2.23. The molecule has 2 aromatic heterocycles. The molecule has 0 unspecified atom stereocenters. The van der Waals surface area contributed by atoms with Crippen LogP contribution in [-0.4, -0.2) is 73.1 Å². The number of Topliss-reactive ketones (excluding diaryl/α,β-unsaturated/α-hetero) is 3. The Kier molecular flexibility index (Phi) is 24.3. The maximum absolute atomic E-state index is 12.4. The first-order valence-electron chi connectivity index (χ1n) is 26.2. The molecule has 0 saturated heterocycles. The first-order valence-corrected chi connectivity index (χ1v) is 29.6. The van der Waals surface area contributed by atoms with Gasteiger partial charge in [-0.15, -0.1) is 11.3 Å². The molecule has 2 heterocycles. The molecule has 0 aliphatic carbocycles. The van der Waals surface area contributed by atoms with Gasteiger partial charge in [-0.3, -0.25) is 14.4 Å². The minimum atomic E-state index is -0.658. The van der Waals surface area contributed by atoms with E-state index < -0.39 is 23.3 Å². The van der Waals surface area contributed by atoms with Crippen molar-refractivity contribution in [3.8, 4) is 35.5 Å². The van der Waals surface area contributed by atoms with Crippen LogP contribution in [0.3, 0.4) is 0 Å². The fourth-order valence-corrected chi connectivity index (χ4v) is 10.3. The Balaban J connectivity index is 0.000000173. The van der Waals surface area contributed by atoms with E-state index in [1.165, 1.54) is 41.7 Å². The van der Waals surface area contributed by atoms with E-state index in [2.05, 4.69) is 25.0 Å². The number of halogens is 7. The number of fused-ring (bicyclic) bond motifs is 2. The second-order valence-electron chi connectivity index (χ2n) is 18.4. The van der Waals surface area contributed by atoms with Gasteiger partial charge in [-0.05, 0) is 105 Å². The number of phenols is 3. The van der Waals surface area contributed by atoms with E-state index in [1.54, 1.807) is 136 Å². The van der Waals surface area contributed by atoms with Gasteiger partial charge in [-0.1, -0.05) is 172 Å². The average Bonchev–Trinajstić information content (AvgIpc) is 1.82. The van der Waals surface area contributed by atoms with Crippen molar-refractivity contribution in [1.82, 2.24) is 4.98 Å². The Bertz CT molecular complexity index is 4430. The van der Waals surface area contributed by atoms with Crippen LogP contribution in [0.25, 0.3) is 21.2 Å². The van der Waals surface area contributed by atoms with Gasteiger partial charge >= 0.3 is 5.97 Å². The van der Waals surface area contributed by atoms with E-state index in [1.807, 2.05) is 36.4 Å². The Morgan fingerprint density at radius 1 is 0.516 bits per heavy atom. The molecule has 8 aromatic carbocycles. The number of nitrogens with zero attached hydrogens (tertiary/aromatic N) is 8. The van der Waals surface area contributed by atoms with Gasteiger partial charge in [0.15, 0.2) is 45.1 Å². The summed E-state index contributed by atoms with van der Waals surface area (Å²) in [5, 5.41) is 58.5. The maximum Gasteiger partial charge on any atom is 0.360 e. The number of carbonyl (C=O) groups is 4. The Morgan fingerprint density at radius 3 is 1.37 bits per heavy atom. The summed E-state index contributed by atoms with van der Waals surface area (Å²) in [6.07, 6.45) is 0. The Hall–Kier alpha value is -9.75. The third-order valence-corrected chi connectivity index (χ3v) is 15.4. The number of nitriles is 3. The molecule has 0 aliphatic heterocycles. The number of carbonyl (C=O) groups excluding carboxylic acids is 4. The van der Waals surface area contributed by atoms with Crippen LogP contribution in [0, 0.1) is 47.8 Å². The summed E-state index contributed by atoms with van der Waals surface area (Å²) >= 11 is 42.7. The normalized spacial score (nSPS) is 11.3. The number of aromatic hydroxyl groups is 3. The number of aryl methyl sites for hydroxylation is 1. The lowest BCUT2D eigenvalue weighted by Gasteiger charge is -2.05. The molecule has 91 heavy (non-hydrogen) atoms. The number of esters is 1. The average molecular weight is 1370 g/mol. The van der Waals surface area contributed by atoms with Crippen molar-refractivity contribution in [1.29, 1.82) is 15.8 Å². The first kappa shape index (κ1) is 68.7. The monoisotopic (exact) mass is 1370 g/mol. The van der Waals surface area contributed by atoms with E-state index in [0.717, 1.165) is 21.2 Å². The second-order valence-corrected chi connectivity index (χ2v) is 22.3. The summed E-state index contributed by atoms with van der Waals surface area (Å²) in [5.41, 5.74) is 3.77. The molecule has 0 atom stereocenters. The molecule has 0 saturated carbocycles. The summed E-state index contributed by atoms with van der Waals surface area (Å²) < 4.78 is 11.5. The zero-order valence-electron chi connectivity index (χ0n) is 47.2. The van der Waals surface area contributed by atoms with Crippen molar-refractivity contribution < 1.29 is 43.7 Å². The maximum atomic E-state index is 12.4. The fourth-order valence-electron chi connectivity index (χ4n) is 7.63. The van der Waals surface area contributed by atoms with Crippen LogP contribution in [0.1, 0.15) is 54.3 Å². The van der Waals surface area contributed by atoms with Gasteiger partial charge in [-0.25, -0.2) is 29.7 Å². The number of benzene rings is 8. The molecule has 454 valence electrons. The Morgan fingerprint density at radius 2 is 0.923 bits per heavy atom. The minimum Gasteiger partial charge on any atom is -0.506 e. The van der Waals surface area contributed by atoms with Crippen LogP contribution in [0.2, 0.25) is 35.2 Å². The van der Waals surface area contributed by atoms with E-state index in [-0.39, 0.29) is 83.3 Å². The smallest absolute Gasteiger partial charge is 0.360 e. The van der Waals surface area contributed by atoms with Crippen LogP contribution in [0.5, 0.6) is 17.2 Å². The lowest BCUT2D eigenvalue weighted by atomic mass is 10.1. The zero-order valence-corrected chi connectivity index (χ0v) is 53.3. The predicted octanol–water partition coefficient (Wildman–Crippen LogP) is 18.5. The van der Waals surface area contributed by atoms with Crippen LogP contribution >= 0.6 is 92.5 Å². The first-order chi connectivity index (χ1) is 43.5. The topological polar surface area (TPSA) is 285 Å². The van der Waals surface area contributed by atoms with Gasteiger partial charge in [0.1, 0.15) is 29.5 Å². The van der Waals surface area contributed by atoms with Crippen molar-refractivity contribution in [2.45, 2.75) is 20.8 Å². The third-order valence-electron chi connectivity index (χ3n) is 12.1. The molecule has 10 rings (SSSR count). The SMILES string of the molecule is CCOC(=O)C(=Nc1cc(Cl)c(O)c(Cl)c1)c1nc2ccccc2s1.Cc1c(Cl)cc(N=C(C#N)C(=O)c2ccccc2)cc1Cl.Cc1cc(N=C(C#N)C(=O)c2ccccc2)cc(Cl)c1O.N#CC(=Nc1cc(Cl)c(O)c(Cl)c1)C(=O)c1cc2ccccc2o1. The number of aliphatic imine (C=N–C) groups is 4. The van der Waals surface area contributed by atoms with E-state index >= 15 is 0 Å². The number of hydrogen-bond acceptors (Lipinski definition) is 18. The van der Waals surface area contributed by atoms with E-state index in [9.17, 15) is 39.8 Å². The molecule has 0 bridgehead atoms. The van der Waals surface area contributed by atoms with Crippen molar-refractivity contribution in [2.24, 2.45) is 20.0 Å². The molecule has 0 radical (unpaired) electrons. The molecule has 0 amide bonds. The minimum absolute atomic E-state index is 0.00692. The molecule has 0 fully saturated rings. The summed E-state index contributed by atoms with van der Waals surface area (Å²) in [7, 11) is 0. The van der Waals surface area contributed by atoms with Gasteiger partial charge in [0.05, 0.1) is 64.7 Å². The van der Waals surface area contributed by atoms with Crippen molar-refractivity contribution in [3.63, 3.8) is 0 Å². The van der Waals surface area contributed by atoms with Crippen molar-refractivity contribution in [3.05, 3.63) is 232 Å². The molecular formula is C66H41Cl7N8O9S. The second kappa shape index (κ2) is 32.1. The molecule has 0 spiro atoms. The van der Waals surface area contributed by atoms with E-state index in [4.69, 9.17) is 101 Å². The van der Waals surface area contributed by atoms with Crippen LogP contribution < -0.4 is 0 Å². The van der Waals surface area contributed by atoms with Crippen LogP contribution in [0.15, 0.2) is 188 Å². The number of phenolic OH excluding ortho intramolecular Hbond substituents is 3. The largest absolute Gasteiger partial charge is 0.506 e. The summed E-state index contributed by atoms with van der Waals surface area (Å²) in [6, 6.07) is 50.0. The van der Waals surface area contributed by atoms with Gasteiger partial charge in [-0.2, -0.15) is 15.8 Å². The fraction of sp³-hybridized carbons (Fsp3) is 0.0606. The Labute approximate surface area is 557 Å². The van der Waals surface area contributed by atoms with Gasteiger partial charge in [0.2, 0.25) is 11.6 Å². The predicted molar refractivity (Wildman–Crippen MR) is 358 cm³/mol. The summed E-state index contributed by atoms with van der Waals surface area (Å²) in [6.45, 7) is 5.35. The number of para-hydroxylation sites is 2. The lowest BCUT2D eigenvalue weighted by molar-refractivity contribution is -0.134. The van der Waals surface area contributed by atoms with Crippen molar-refractivity contribution >= 4 is 183 Å². The van der Waals surface area contributed by atoms with Crippen LogP contribution in [-0.2, 0) is 9.53 Å². The number of furan rings is 1. The quantitative estimate of drug-likeness (QED) is 0.0550. The number of aromatic nitrogens is 1. The van der Waals surface area contributed by atoms with Gasteiger partial charge in [0, 0.05) is 26.6 Å². The number of hydrogen-bond donors (Lipinski definition) is 3. The molecule has 0 aliphatic rings. The highest BCUT2D eigenvalue weighted by molar-refractivity contribution is 7.21. The zero-order chi connectivity index (χ0) is 66.1. The highest BCUT2D eigenvalue weighted by Crippen LogP contribution is 2.38. The number of thiazole rings is 1. The van der Waals surface area contributed by atoms with E-state index in [0.29, 0.717) is 54.4 Å². The molecule has 17 nitrogen and oxygen atoms in total. The van der Waals surface area contributed by atoms with Gasteiger partial charge < -0.3 is 24.5 Å². The molecule has 25 heteroatoms. The number of rotatable bonds is 13. The number of ether oxygens (including phenoxy) is 1. The number of ketones is 3. The van der Waals surface area contributed by atoms with Gasteiger partial charge in [0.25, 0.3) is 5.78 Å². The summed E-state index contributed by atoms with van der Waals surface area (Å²) in [4.78, 5) is 70.0. The summed E-state index contributed by atoms with van der Waals surface area (Å²) in [5.74, 6) is -2.71. The molecular weight excluding hydrogens is 1330 g/mol. The molecule has 3 N–H and O–H groups in total. The third kappa shape index (κ3) is 18.0.